The van der Waals surface area contributed by atoms with Gasteiger partial charge in [-0.05, 0) is 36.0 Å². The first-order chi connectivity index (χ1) is 12.8. The standard InChI is InChI=1S/C15H8N8S3/c1-2-9-13(16-5-1)26-14(20-9)22-12-11-8(17-6-18-12)3-4-10(21-11)25-15-23-19-7-24-15/h1-7H,(H,17,18,20,22). The average molecular weight is 396 g/mol. The van der Waals surface area contributed by atoms with Crippen LogP contribution in [0.15, 0.2) is 51.7 Å². The summed E-state index contributed by atoms with van der Waals surface area (Å²) in [5, 5.41) is 12.6. The Bertz CT molecular complexity index is 1170. The van der Waals surface area contributed by atoms with Crippen molar-refractivity contribution in [1.29, 1.82) is 0 Å². The zero-order chi connectivity index (χ0) is 17.3. The lowest BCUT2D eigenvalue weighted by Crippen LogP contribution is -1.97. The Kier molecular flexibility index (Phi) is 3.88. The smallest absolute Gasteiger partial charge is 0.191 e. The molecule has 1 N–H and O–H groups in total. The van der Waals surface area contributed by atoms with Gasteiger partial charge in [-0.25, -0.2) is 24.9 Å². The highest BCUT2D eigenvalue weighted by Gasteiger charge is 2.11. The van der Waals surface area contributed by atoms with Gasteiger partial charge in [0.1, 0.15) is 32.7 Å². The molecule has 0 radical (unpaired) electrons. The van der Waals surface area contributed by atoms with Crippen LogP contribution < -0.4 is 5.32 Å². The van der Waals surface area contributed by atoms with Crippen LogP contribution >= 0.6 is 34.4 Å². The van der Waals surface area contributed by atoms with E-state index in [4.69, 9.17) is 0 Å². The molecule has 0 fully saturated rings. The molecule has 0 spiro atoms. The Morgan fingerprint density at radius 1 is 1.00 bits per heavy atom. The van der Waals surface area contributed by atoms with Gasteiger partial charge < -0.3 is 5.32 Å². The Balaban J connectivity index is 1.53. The maximum absolute atomic E-state index is 4.68. The normalized spacial score (nSPS) is 11.2. The van der Waals surface area contributed by atoms with E-state index >= 15 is 0 Å². The summed E-state index contributed by atoms with van der Waals surface area (Å²) in [7, 11) is 0. The number of pyridine rings is 2. The van der Waals surface area contributed by atoms with Crippen LogP contribution in [0, 0.1) is 0 Å². The molecule has 8 nitrogen and oxygen atoms in total. The molecule has 5 aromatic heterocycles. The van der Waals surface area contributed by atoms with Gasteiger partial charge in [0.05, 0.1) is 5.52 Å². The topological polar surface area (TPSA) is 102 Å². The number of fused-ring (bicyclic) bond motifs is 2. The molecular formula is C15H8N8S3. The van der Waals surface area contributed by atoms with Crippen molar-refractivity contribution in [2.75, 3.05) is 5.32 Å². The lowest BCUT2D eigenvalue weighted by Gasteiger charge is -2.06. The van der Waals surface area contributed by atoms with Crippen molar-refractivity contribution in [2.24, 2.45) is 0 Å². The second kappa shape index (κ2) is 6.52. The molecule has 0 saturated carbocycles. The van der Waals surface area contributed by atoms with Gasteiger partial charge in [-0.2, -0.15) is 0 Å². The van der Waals surface area contributed by atoms with Crippen molar-refractivity contribution < 1.29 is 0 Å². The van der Waals surface area contributed by atoms with Gasteiger partial charge in [0, 0.05) is 6.20 Å². The highest BCUT2D eigenvalue weighted by molar-refractivity contribution is 8.00. The molecule has 0 bridgehead atoms. The molecule has 26 heavy (non-hydrogen) atoms. The van der Waals surface area contributed by atoms with Crippen molar-refractivity contribution in [3.63, 3.8) is 0 Å². The largest absolute Gasteiger partial charge is 0.314 e. The quantitative estimate of drug-likeness (QED) is 0.486. The van der Waals surface area contributed by atoms with Crippen molar-refractivity contribution in [1.82, 2.24) is 35.1 Å². The third kappa shape index (κ3) is 2.96. The van der Waals surface area contributed by atoms with Gasteiger partial charge >= 0.3 is 0 Å². The van der Waals surface area contributed by atoms with E-state index in [-0.39, 0.29) is 0 Å². The van der Waals surface area contributed by atoms with Crippen molar-refractivity contribution in [2.45, 2.75) is 9.37 Å². The summed E-state index contributed by atoms with van der Waals surface area (Å²) < 4.78 is 0.834. The van der Waals surface area contributed by atoms with E-state index < -0.39 is 0 Å². The summed E-state index contributed by atoms with van der Waals surface area (Å²) in [5.41, 5.74) is 3.97. The Morgan fingerprint density at radius 3 is 2.88 bits per heavy atom. The van der Waals surface area contributed by atoms with Crippen LogP contribution in [0.5, 0.6) is 0 Å². The molecule has 0 aliphatic rings. The highest BCUT2D eigenvalue weighted by Crippen LogP contribution is 2.31. The molecule has 0 unspecified atom stereocenters. The van der Waals surface area contributed by atoms with E-state index in [1.165, 1.54) is 40.8 Å². The second-order valence-corrected chi connectivity index (χ2v) is 8.10. The van der Waals surface area contributed by atoms with E-state index in [1.54, 1.807) is 11.7 Å². The summed E-state index contributed by atoms with van der Waals surface area (Å²) in [4.78, 5) is 23.0. The molecule has 11 heteroatoms. The maximum Gasteiger partial charge on any atom is 0.191 e. The molecular weight excluding hydrogens is 388 g/mol. The van der Waals surface area contributed by atoms with Gasteiger partial charge in [0.25, 0.3) is 0 Å². The average Bonchev–Trinajstić information content (AvgIpc) is 3.31. The molecule has 5 heterocycles. The number of anilines is 2. The number of hydrogen-bond donors (Lipinski definition) is 1. The predicted octanol–water partition coefficient (Wildman–Crippen LogP) is 3.78. The van der Waals surface area contributed by atoms with Gasteiger partial charge in [0.15, 0.2) is 15.3 Å². The first kappa shape index (κ1) is 15.5. The van der Waals surface area contributed by atoms with E-state index in [2.05, 4.69) is 40.4 Å². The van der Waals surface area contributed by atoms with Gasteiger partial charge in [-0.15, -0.1) is 10.2 Å². The van der Waals surface area contributed by atoms with Crippen LogP contribution in [0.2, 0.25) is 0 Å². The fourth-order valence-electron chi connectivity index (χ4n) is 2.29. The highest BCUT2D eigenvalue weighted by atomic mass is 32.2. The molecule has 0 amide bonds. The minimum Gasteiger partial charge on any atom is -0.314 e. The van der Waals surface area contributed by atoms with Crippen LogP contribution in [-0.2, 0) is 0 Å². The zero-order valence-electron chi connectivity index (χ0n) is 12.9. The van der Waals surface area contributed by atoms with Crippen LogP contribution in [0.1, 0.15) is 0 Å². The fourth-order valence-corrected chi connectivity index (χ4v) is 4.50. The summed E-state index contributed by atoms with van der Waals surface area (Å²) in [5.74, 6) is 0.605. The lowest BCUT2D eigenvalue weighted by atomic mass is 10.3. The number of rotatable bonds is 4. The predicted molar refractivity (Wildman–Crippen MR) is 102 cm³/mol. The molecule has 0 atom stereocenters. The van der Waals surface area contributed by atoms with Crippen molar-refractivity contribution in [3.05, 3.63) is 42.3 Å². The summed E-state index contributed by atoms with van der Waals surface area (Å²) in [6, 6.07) is 7.62. The Hall–Kier alpha value is -2.76. The van der Waals surface area contributed by atoms with Crippen LogP contribution in [0.3, 0.4) is 0 Å². The third-order valence-corrected chi connectivity index (χ3v) is 5.99. The lowest BCUT2D eigenvalue weighted by molar-refractivity contribution is 1.01. The van der Waals surface area contributed by atoms with Crippen LogP contribution in [0.4, 0.5) is 10.9 Å². The molecule has 5 rings (SSSR count). The summed E-state index contributed by atoms with van der Waals surface area (Å²) in [6.07, 6.45) is 3.26. The van der Waals surface area contributed by atoms with Crippen molar-refractivity contribution in [3.8, 4) is 0 Å². The summed E-state index contributed by atoms with van der Waals surface area (Å²) in [6.45, 7) is 0. The molecule has 0 saturated heterocycles. The van der Waals surface area contributed by atoms with Gasteiger partial charge in [-0.1, -0.05) is 22.7 Å². The Labute approximate surface area is 158 Å². The summed E-state index contributed by atoms with van der Waals surface area (Å²) >= 11 is 4.39. The first-order valence-electron chi connectivity index (χ1n) is 7.39. The van der Waals surface area contributed by atoms with E-state index in [0.29, 0.717) is 16.5 Å². The SMILES string of the molecule is c1cnc2sc(Nc3ncnc4ccc(Sc5nncs5)nc34)nc2c1. The van der Waals surface area contributed by atoms with E-state index in [9.17, 15) is 0 Å². The second-order valence-electron chi connectivity index (χ2n) is 5.02. The van der Waals surface area contributed by atoms with Crippen LogP contribution in [-0.4, -0.2) is 35.1 Å². The Morgan fingerprint density at radius 2 is 2.00 bits per heavy atom. The molecule has 126 valence electrons. The minimum absolute atomic E-state index is 0.605. The van der Waals surface area contributed by atoms with Gasteiger partial charge in [-0.3, -0.25) is 0 Å². The number of nitrogens with one attached hydrogen (secondary N) is 1. The van der Waals surface area contributed by atoms with Crippen molar-refractivity contribution >= 4 is 66.8 Å². The number of hydrogen-bond acceptors (Lipinski definition) is 11. The zero-order valence-corrected chi connectivity index (χ0v) is 15.3. The first-order valence-corrected chi connectivity index (χ1v) is 9.91. The minimum atomic E-state index is 0.605. The van der Waals surface area contributed by atoms with E-state index in [0.717, 1.165) is 25.2 Å². The molecule has 0 aromatic carbocycles. The monoisotopic (exact) mass is 396 g/mol. The van der Waals surface area contributed by atoms with Gasteiger partial charge in [0.2, 0.25) is 0 Å². The van der Waals surface area contributed by atoms with Crippen LogP contribution in [0.25, 0.3) is 21.4 Å². The molecule has 5 aromatic rings. The van der Waals surface area contributed by atoms with E-state index in [1.807, 2.05) is 24.3 Å². The number of thiazole rings is 1. The molecule has 0 aliphatic heterocycles. The maximum atomic E-state index is 4.68. The molecule has 0 aliphatic carbocycles. The third-order valence-electron chi connectivity index (χ3n) is 3.38. The number of aromatic nitrogens is 7. The fraction of sp³-hybridized carbons (Fsp3) is 0. The number of nitrogens with zero attached hydrogens (tertiary/aromatic N) is 7.